The Bertz CT molecular complexity index is 310. The molecule has 2 N–H and O–H groups in total. The molecule has 0 saturated heterocycles. The summed E-state index contributed by atoms with van der Waals surface area (Å²) >= 11 is 0. The summed E-state index contributed by atoms with van der Waals surface area (Å²) < 4.78 is 24.6. The van der Waals surface area contributed by atoms with Crippen LogP contribution in [0.3, 0.4) is 0 Å². The minimum Gasteiger partial charge on any atom is -0.323 e. The van der Waals surface area contributed by atoms with Crippen LogP contribution in [0, 0.1) is 0 Å². The first-order chi connectivity index (χ1) is 7.02. The Labute approximate surface area is 89.3 Å². The number of rotatable bonds is 4. The topological polar surface area (TPSA) is 26.0 Å². The minimum absolute atomic E-state index is 0.242. The van der Waals surface area contributed by atoms with Crippen LogP contribution in [0.1, 0.15) is 30.9 Å². The first-order valence-electron chi connectivity index (χ1n) is 5.14. The van der Waals surface area contributed by atoms with Crippen molar-refractivity contribution in [3.05, 3.63) is 35.4 Å². The van der Waals surface area contributed by atoms with Crippen molar-refractivity contribution in [1.82, 2.24) is 0 Å². The zero-order valence-corrected chi connectivity index (χ0v) is 9.08. The molecule has 84 valence electrons. The lowest BCUT2D eigenvalue weighted by Gasteiger charge is -2.16. The Morgan fingerprint density at radius 2 is 1.80 bits per heavy atom. The molecule has 1 rings (SSSR count). The van der Waals surface area contributed by atoms with Crippen LogP contribution >= 0.6 is 0 Å². The van der Waals surface area contributed by atoms with Gasteiger partial charge in [-0.3, -0.25) is 0 Å². The highest BCUT2D eigenvalue weighted by molar-refractivity contribution is 5.30. The van der Waals surface area contributed by atoms with E-state index in [9.17, 15) is 8.78 Å². The van der Waals surface area contributed by atoms with Gasteiger partial charge in [0.1, 0.15) is 0 Å². The molecule has 1 aromatic carbocycles. The fraction of sp³-hybridized carbons (Fsp3) is 0.500. The van der Waals surface area contributed by atoms with E-state index in [1.54, 1.807) is 0 Å². The third-order valence-electron chi connectivity index (χ3n) is 2.46. The average molecular weight is 213 g/mol. The van der Waals surface area contributed by atoms with Crippen molar-refractivity contribution in [2.24, 2.45) is 5.73 Å². The fourth-order valence-electron chi connectivity index (χ4n) is 1.63. The normalized spacial score (nSPS) is 13.5. The van der Waals surface area contributed by atoms with Gasteiger partial charge in [0, 0.05) is 0 Å². The van der Waals surface area contributed by atoms with E-state index in [4.69, 9.17) is 5.73 Å². The van der Waals surface area contributed by atoms with E-state index in [0.29, 0.717) is 5.92 Å². The van der Waals surface area contributed by atoms with Crippen molar-refractivity contribution in [1.29, 1.82) is 0 Å². The van der Waals surface area contributed by atoms with E-state index in [2.05, 4.69) is 0 Å². The molecule has 0 aliphatic rings. The maximum absolute atomic E-state index is 12.3. The molecule has 1 aromatic rings. The molecule has 0 amide bonds. The van der Waals surface area contributed by atoms with Gasteiger partial charge in [-0.1, -0.05) is 38.1 Å². The molecule has 15 heavy (non-hydrogen) atoms. The van der Waals surface area contributed by atoms with Crippen molar-refractivity contribution in [3.63, 3.8) is 0 Å². The lowest BCUT2D eigenvalue weighted by atomic mass is 9.93. The highest BCUT2D eigenvalue weighted by Gasteiger charge is 2.17. The molecule has 0 saturated carbocycles. The molecule has 1 atom stereocenters. The van der Waals surface area contributed by atoms with Crippen LogP contribution in [0.15, 0.2) is 24.3 Å². The molecular weight excluding hydrogens is 196 g/mol. The number of hydrogen-bond donors (Lipinski definition) is 1. The Balaban J connectivity index is 2.84. The predicted octanol–water partition coefficient (Wildman–Crippen LogP) is 2.94. The summed E-state index contributed by atoms with van der Waals surface area (Å²) in [7, 11) is 0. The average Bonchev–Trinajstić information content (AvgIpc) is 2.18. The summed E-state index contributed by atoms with van der Waals surface area (Å²) in [4.78, 5) is 0. The lowest BCUT2D eigenvalue weighted by molar-refractivity contribution is 0.116. The van der Waals surface area contributed by atoms with Crippen molar-refractivity contribution in [2.75, 3.05) is 0 Å². The van der Waals surface area contributed by atoms with Crippen LogP contribution in [0.25, 0.3) is 0 Å². The summed E-state index contributed by atoms with van der Waals surface area (Å²) in [5.41, 5.74) is 7.40. The van der Waals surface area contributed by atoms with Crippen LogP contribution in [0.4, 0.5) is 8.78 Å². The number of hydrogen-bond acceptors (Lipinski definition) is 1. The molecule has 1 unspecified atom stereocenters. The number of benzene rings is 1. The molecule has 0 spiro atoms. The monoisotopic (exact) mass is 213 g/mol. The van der Waals surface area contributed by atoms with Crippen molar-refractivity contribution in [2.45, 2.75) is 38.7 Å². The van der Waals surface area contributed by atoms with Crippen LogP contribution in [-0.2, 0) is 6.42 Å². The van der Waals surface area contributed by atoms with E-state index in [0.717, 1.165) is 11.1 Å². The Hall–Kier alpha value is -0.960. The fourth-order valence-corrected chi connectivity index (χ4v) is 1.63. The number of halogens is 2. The molecule has 0 aliphatic carbocycles. The smallest absolute Gasteiger partial charge is 0.253 e. The summed E-state index contributed by atoms with van der Waals surface area (Å²) in [5, 5.41) is 0. The lowest BCUT2D eigenvalue weighted by Crippen LogP contribution is -2.31. The molecule has 0 aromatic heterocycles. The molecule has 3 heteroatoms. The maximum Gasteiger partial charge on any atom is 0.253 e. The molecular formula is C12H17F2N. The number of nitrogens with two attached hydrogens (primary N) is 1. The van der Waals surface area contributed by atoms with Crippen LogP contribution in [0.2, 0.25) is 0 Å². The maximum atomic E-state index is 12.3. The van der Waals surface area contributed by atoms with Gasteiger partial charge in [0.2, 0.25) is 0 Å². The SMILES string of the molecule is CC(C)c1ccccc1CC(N)C(F)F. The summed E-state index contributed by atoms with van der Waals surface area (Å²) in [5.74, 6) is 0.339. The summed E-state index contributed by atoms with van der Waals surface area (Å²) in [6, 6.07) is 6.56. The molecule has 0 fully saturated rings. The molecule has 0 heterocycles. The van der Waals surface area contributed by atoms with Gasteiger partial charge >= 0.3 is 0 Å². The number of alkyl halides is 2. The van der Waals surface area contributed by atoms with E-state index in [-0.39, 0.29) is 6.42 Å². The second-order valence-electron chi connectivity index (χ2n) is 4.06. The van der Waals surface area contributed by atoms with Gasteiger partial charge in [0.25, 0.3) is 6.43 Å². The van der Waals surface area contributed by atoms with Gasteiger partial charge in [-0.25, -0.2) is 8.78 Å². The highest BCUT2D eigenvalue weighted by atomic mass is 19.3. The van der Waals surface area contributed by atoms with Gasteiger partial charge in [0.05, 0.1) is 6.04 Å². The second kappa shape index (κ2) is 5.21. The van der Waals surface area contributed by atoms with Crippen molar-refractivity contribution >= 4 is 0 Å². The van der Waals surface area contributed by atoms with Crippen LogP contribution in [-0.4, -0.2) is 12.5 Å². The van der Waals surface area contributed by atoms with E-state index in [1.807, 2.05) is 38.1 Å². The zero-order chi connectivity index (χ0) is 11.4. The van der Waals surface area contributed by atoms with Crippen LogP contribution < -0.4 is 5.73 Å². The first-order valence-corrected chi connectivity index (χ1v) is 5.14. The largest absolute Gasteiger partial charge is 0.323 e. The van der Waals surface area contributed by atoms with Crippen LogP contribution in [0.5, 0.6) is 0 Å². The Morgan fingerprint density at radius 1 is 1.20 bits per heavy atom. The first kappa shape index (κ1) is 12.1. The molecule has 1 nitrogen and oxygen atoms in total. The predicted molar refractivity (Wildman–Crippen MR) is 58.2 cm³/mol. The molecule has 0 radical (unpaired) electrons. The summed E-state index contributed by atoms with van der Waals surface area (Å²) in [6.45, 7) is 4.10. The van der Waals surface area contributed by atoms with Crippen molar-refractivity contribution in [3.8, 4) is 0 Å². The van der Waals surface area contributed by atoms with E-state index < -0.39 is 12.5 Å². The molecule has 0 bridgehead atoms. The van der Waals surface area contributed by atoms with Gasteiger partial charge < -0.3 is 5.73 Å². The van der Waals surface area contributed by atoms with Gasteiger partial charge in [-0.15, -0.1) is 0 Å². The van der Waals surface area contributed by atoms with E-state index in [1.165, 1.54) is 0 Å². The minimum atomic E-state index is -2.45. The van der Waals surface area contributed by atoms with E-state index >= 15 is 0 Å². The quantitative estimate of drug-likeness (QED) is 0.817. The van der Waals surface area contributed by atoms with Gasteiger partial charge in [-0.05, 0) is 23.5 Å². The Kier molecular flexibility index (Phi) is 4.21. The van der Waals surface area contributed by atoms with Crippen molar-refractivity contribution < 1.29 is 8.78 Å². The second-order valence-corrected chi connectivity index (χ2v) is 4.06. The zero-order valence-electron chi connectivity index (χ0n) is 9.08. The standard InChI is InChI=1S/C12H17F2N/c1-8(2)10-6-4-3-5-9(10)7-11(15)12(13)14/h3-6,8,11-12H,7,15H2,1-2H3. The molecule has 0 aliphatic heterocycles. The van der Waals surface area contributed by atoms with Gasteiger partial charge in [0.15, 0.2) is 0 Å². The Morgan fingerprint density at radius 3 is 2.33 bits per heavy atom. The third kappa shape index (κ3) is 3.27. The van der Waals surface area contributed by atoms with Gasteiger partial charge in [-0.2, -0.15) is 0 Å². The third-order valence-corrected chi connectivity index (χ3v) is 2.46. The highest BCUT2D eigenvalue weighted by Crippen LogP contribution is 2.21. The summed E-state index contributed by atoms with van der Waals surface area (Å²) in [6.07, 6.45) is -2.21.